The molecule has 1 heterocycles. The average Bonchev–Trinajstić information content (AvgIpc) is 2.93. The number of carbonyl (C=O) groups excluding carboxylic acids is 2. The number of amides is 2. The van der Waals surface area contributed by atoms with E-state index in [1.807, 2.05) is 0 Å². The van der Waals surface area contributed by atoms with Gasteiger partial charge < -0.3 is 15.3 Å². The maximum Gasteiger partial charge on any atom is 0.328 e. The van der Waals surface area contributed by atoms with E-state index < -0.39 is 29.8 Å². The van der Waals surface area contributed by atoms with Crippen molar-refractivity contribution in [1.29, 1.82) is 0 Å². The van der Waals surface area contributed by atoms with Crippen LogP contribution < -0.4 is 10.2 Å². The number of nitrogens with zero attached hydrogens (tertiary/aromatic N) is 1. The van der Waals surface area contributed by atoms with Gasteiger partial charge in [0.1, 0.15) is 0 Å². The summed E-state index contributed by atoms with van der Waals surface area (Å²) in [6.45, 7) is -0.312. The molecule has 0 saturated heterocycles. The molecule has 2 N–H and O–H groups in total. The summed E-state index contributed by atoms with van der Waals surface area (Å²) in [6.07, 6.45) is -0.246. The van der Waals surface area contributed by atoms with Gasteiger partial charge in [-0.05, 0) is 48.5 Å². The van der Waals surface area contributed by atoms with Crippen molar-refractivity contribution in [1.82, 2.24) is 0 Å². The van der Waals surface area contributed by atoms with E-state index in [2.05, 4.69) is 5.32 Å². The number of fused-ring (bicyclic) bond motifs is 1. The first-order valence-electron chi connectivity index (χ1n) is 10.6. The fraction of sp³-hybridized carbons (Fsp3) is 0.115. The zero-order valence-electron chi connectivity index (χ0n) is 18.2. The highest BCUT2D eigenvalue weighted by Crippen LogP contribution is 2.43. The van der Waals surface area contributed by atoms with E-state index >= 15 is 0 Å². The minimum absolute atomic E-state index is 0.0174. The molecule has 0 bridgehead atoms. The summed E-state index contributed by atoms with van der Waals surface area (Å²) in [7, 11) is 0. The lowest BCUT2D eigenvalue weighted by Gasteiger charge is -2.23. The largest absolute Gasteiger partial charge is 0.478 e. The van der Waals surface area contributed by atoms with Crippen LogP contribution in [0.5, 0.6) is 0 Å². The first-order valence-corrected chi connectivity index (χ1v) is 10.9. The summed E-state index contributed by atoms with van der Waals surface area (Å²) in [5.74, 6) is -5.84. The Bertz CT molecular complexity index is 1340. The van der Waals surface area contributed by atoms with Gasteiger partial charge in [0.05, 0.1) is 5.69 Å². The number of carboxylic acid groups (broad SMARTS) is 1. The second-order valence-corrected chi connectivity index (χ2v) is 8.30. The van der Waals surface area contributed by atoms with Crippen molar-refractivity contribution in [2.45, 2.75) is 12.3 Å². The molecule has 0 saturated carbocycles. The molecule has 0 aromatic heterocycles. The fourth-order valence-corrected chi connectivity index (χ4v) is 4.03. The van der Waals surface area contributed by atoms with Gasteiger partial charge in [0.15, 0.2) is 0 Å². The summed E-state index contributed by atoms with van der Waals surface area (Å²) in [5, 5.41) is 12.2. The molecule has 0 aliphatic carbocycles. The summed E-state index contributed by atoms with van der Waals surface area (Å²) in [5.41, 5.74) is 0.548. The number of halogens is 3. The predicted molar refractivity (Wildman–Crippen MR) is 129 cm³/mol. The quantitative estimate of drug-likeness (QED) is 0.450. The monoisotopic (exact) mass is 496 g/mol. The van der Waals surface area contributed by atoms with Crippen molar-refractivity contribution in [3.05, 3.63) is 101 Å². The molecule has 0 atom stereocenters. The number of carboxylic acids is 1. The molecular formula is C26H19ClF2N2O4. The number of hydrogen-bond acceptors (Lipinski definition) is 3. The minimum Gasteiger partial charge on any atom is -0.478 e. The number of anilines is 2. The molecule has 0 radical (unpaired) electrons. The van der Waals surface area contributed by atoms with Crippen molar-refractivity contribution in [2.24, 2.45) is 0 Å². The molecule has 0 fully saturated rings. The summed E-state index contributed by atoms with van der Waals surface area (Å²) >= 11 is 5.92. The number of rotatable bonds is 4. The Morgan fingerprint density at radius 2 is 1.69 bits per heavy atom. The summed E-state index contributed by atoms with van der Waals surface area (Å²) < 4.78 is 29.7. The van der Waals surface area contributed by atoms with E-state index in [0.29, 0.717) is 22.3 Å². The van der Waals surface area contributed by atoms with Crippen LogP contribution in [0.4, 0.5) is 20.2 Å². The number of aliphatic carboxylic acids is 1. The smallest absolute Gasteiger partial charge is 0.328 e. The normalized spacial score (nSPS) is 15.7. The van der Waals surface area contributed by atoms with Crippen molar-refractivity contribution in [3.63, 3.8) is 0 Å². The topological polar surface area (TPSA) is 86.7 Å². The zero-order valence-corrected chi connectivity index (χ0v) is 18.9. The SMILES string of the molecule is O=C(O)/C=C1/c2ccccc2N(C(=O)c2ccc(NC(=O)c3cccc(Cl)c3)cc2)CCC1(F)F. The Labute approximate surface area is 204 Å². The van der Waals surface area contributed by atoms with E-state index in [0.717, 1.165) is 0 Å². The van der Waals surface area contributed by atoms with Gasteiger partial charge in [0.2, 0.25) is 0 Å². The van der Waals surface area contributed by atoms with Crippen LogP contribution >= 0.6 is 11.6 Å². The maximum absolute atomic E-state index is 14.8. The molecule has 2 amide bonds. The lowest BCUT2D eigenvalue weighted by atomic mass is 9.97. The summed E-state index contributed by atoms with van der Waals surface area (Å²) in [6, 6.07) is 18.4. The first-order chi connectivity index (χ1) is 16.7. The van der Waals surface area contributed by atoms with E-state index in [1.165, 1.54) is 53.4 Å². The van der Waals surface area contributed by atoms with Gasteiger partial charge in [-0.2, -0.15) is 0 Å². The molecule has 6 nitrogen and oxygen atoms in total. The van der Waals surface area contributed by atoms with E-state index in [4.69, 9.17) is 16.7 Å². The number of alkyl halides is 2. The Morgan fingerprint density at radius 3 is 2.37 bits per heavy atom. The Morgan fingerprint density at radius 1 is 0.971 bits per heavy atom. The second-order valence-electron chi connectivity index (χ2n) is 7.87. The lowest BCUT2D eigenvalue weighted by Crippen LogP contribution is -2.33. The van der Waals surface area contributed by atoms with Gasteiger partial charge in [0.25, 0.3) is 17.7 Å². The van der Waals surface area contributed by atoms with Crippen molar-refractivity contribution >= 4 is 46.3 Å². The first kappa shape index (κ1) is 24.1. The van der Waals surface area contributed by atoms with Gasteiger partial charge in [-0.1, -0.05) is 35.9 Å². The van der Waals surface area contributed by atoms with Crippen molar-refractivity contribution in [2.75, 3.05) is 16.8 Å². The van der Waals surface area contributed by atoms with Crippen LogP contribution in [0.25, 0.3) is 5.57 Å². The van der Waals surface area contributed by atoms with Crippen LogP contribution in [0.15, 0.2) is 78.9 Å². The van der Waals surface area contributed by atoms with Gasteiger partial charge >= 0.3 is 5.97 Å². The molecule has 1 aliphatic rings. The number of allylic oxidation sites excluding steroid dienone is 1. The molecule has 0 unspecified atom stereocenters. The van der Waals surface area contributed by atoms with Gasteiger partial charge in [-0.25, -0.2) is 13.6 Å². The molecular weight excluding hydrogens is 478 g/mol. The van der Waals surface area contributed by atoms with Crippen LogP contribution in [-0.4, -0.2) is 35.4 Å². The molecule has 9 heteroatoms. The Hall–Kier alpha value is -4.04. The standard InChI is InChI=1S/C26H19ClF2N2O4/c27-18-5-3-4-17(14-18)24(34)30-19-10-8-16(9-11-19)25(35)31-13-12-26(28,29)21(15-23(32)33)20-6-1-2-7-22(20)31/h1-11,14-15H,12-13H2,(H,30,34)(H,32,33)/b21-15-. The Kier molecular flexibility index (Phi) is 6.66. The molecule has 178 valence electrons. The van der Waals surface area contributed by atoms with Crippen LogP contribution in [0.3, 0.4) is 0 Å². The number of benzene rings is 3. The highest BCUT2D eigenvalue weighted by atomic mass is 35.5. The highest BCUT2D eigenvalue weighted by Gasteiger charge is 2.41. The highest BCUT2D eigenvalue weighted by molar-refractivity contribution is 6.31. The molecule has 35 heavy (non-hydrogen) atoms. The maximum atomic E-state index is 14.8. The average molecular weight is 497 g/mol. The number of hydrogen-bond donors (Lipinski definition) is 2. The third-order valence-corrected chi connectivity index (χ3v) is 5.75. The van der Waals surface area contributed by atoms with Gasteiger partial charge in [0, 0.05) is 52.0 Å². The zero-order chi connectivity index (χ0) is 25.2. The third kappa shape index (κ3) is 5.22. The number of nitrogens with one attached hydrogen (secondary N) is 1. The number of carbonyl (C=O) groups is 3. The van der Waals surface area contributed by atoms with Crippen LogP contribution in [-0.2, 0) is 4.79 Å². The minimum atomic E-state index is -3.43. The Balaban J connectivity index is 1.60. The molecule has 1 aliphatic heterocycles. The van der Waals surface area contributed by atoms with Gasteiger partial charge in [-0.15, -0.1) is 0 Å². The van der Waals surface area contributed by atoms with Crippen LogP contribution in [0.1, 0.15) is 32.7 Å². The number of para-hydroxylation sites is 1. The molecule has 3 aromatic carbocycles. The van der Waals surface area contributed by atoms with E-state index in [9.17, 15) is 23.2 Å². The van der Waals surface area contributed by atoms with E-state index in [1.54, 1.807) is 24.3 Å². The predicted octanol–water partition coefficient (Wildman–Crippen LogP) is 5.75. The fourth-order valence-electron chi connectivity index (χ4n) is 3.84. The van der Waals surface area contributed by atoms with Crippen LogP contribution in [0, 0.1) is 0 Å². The third-order valence-electron chi connectivity index (χ3n) is 5.52. The molecule has 0 spiro atoms. The van der Waals surface area contributed by atoms with Crippen molar-refractivity contribution in [3.8, 4) is 0 Å². The lowest BCUT2D eigenvalue weighted by molar-refractivity contribution is -0.131. The van der Waals surface area contributed by atoms with Gasteiger partial charge in [-0.3, -0.25) is 9.59 Å². The second kappa shape index (κ2) is 9.68. The van der Waals surface area contributed by atoms with Crippen LogP contribution in [0.2, 0.25) is 5.02 Å². The molecule has 4 rings (SSSR count). The van der Waals surface area contributed by atoms with Crippen molar-refractivity contribution < 1.29 is 28.3 Å². The van der Waals surface area contributed by atoms with E-state index in [-0.39, 0.29) is 29.3 Å². The molecule has 3 aromatic rings. The summed E-state index contributed by atoms with van der Waals surface area (Å²) in [4.78, 5) is 38.1.